The molecule has 3 rings (SSSR count). The van der Waals surface area contributed by atoms with Crippen LogP contribution in [0.3, 0.4) is 0 Å². The van der Waals surface area contributed by atoms with E-state index in [2.05, 4.69) is 16.7 Å². The van der Waals surface area contributed by atoms with Gasteiger partial charge < -0.3 is 10.6 Å². The number of anilines is 1. The molecule has 25 heavy (non-hydrogen) atoms. The van der Waals surface area contributed by atoms with Crippen LogP contribution in [0.5, 0.6) is 0 Å². The van der Waals surface area contributed by atoms with Gasteiger partial charge in [0.1, 0.15) is 0 Å². The summed E-state index contributed by atoms with van der Waals surface area (Å²) in [5.41, 5.74) is 4.35. The summed E-state index contributed by atoms with van der Waals surface area (Å²) in [5.74, 6) is 0.0105. The standard InChI is InChI=1S/C21H23N3O/c1-15-12-16(21(25)24-19-8-4-5-9-19)10-11-20(15)23-14-18-7-3-2-6-17(18)13-22/h2-3,6-7,10-12,19,23H,4-5,8-9,14H2,1H3,(H,24,25). The van der Waals surface area contributed by atoms with Crippen LogP contribution in [0.4, 0.5) is 5.69 Å². The Bertz CT molecular complexity index is 801. The number of hydrogen-bond acceptors (Lipinski definition) is 3. The quantitative estimate of drug-likeness (QED) is 0.864. The number of aryl methyl sites for hydroxylation is 1. The van der Waals surface area contributed by atoms with Gasteiger partial charge >= 0.3 is 0 Å². The van der Waals surface area contributed by atoms with Crippen molar-refractivity contribution in [2.75, 3.05) is 5.32 Å². The number of hydrogen-bond donors (Lipinski definition) is 2. The molecule has 0 spiro atoms. The van der Waals surface area contributed by atoms with E-state index in [1.165, 1.54) is 12.8 Å². The maximum atomic E-state index is 12.4. The Balaban J connectivity index is 1.65. The van der Waals surface area contributed by atoms with Gasteiger partial charge in [-0.25, -0.2) is 0 Å². The molecule has 128 valence electrons. The molecule has 2 N–H and O–H groups in total. The van der Waals surface area contributed by atoms with Gasteiger partial charge in [-0.1, -0.05) is 31.0 Å². The maximum Gasteiger partial charge on any atom is 0.251 e. The van der Waals surface area contributed by atoms with Gasteiger partial charge in [-0.2, -0.15) is 5.26 Å². The molecule has 1 amide bonds. The van der Waals surface area contributed by atoms with Crippen molar-refractivity contribution >= 4 is 11.6 Å². The number of nitrogens with zero attached hydrogens (tertiary/aromatic N) is 1. The van der Waals surface area contributed by atoms with E-state index in [0.717, 1.165) is 29.7 Å². The normalized spacial score (nSPS) is 14.1. The van der Waals surface area contributed by atoms with E-state index >= 15 is 0 Å². The van der Waals surface area contributed by atoms with Gasteiger partial charge in [0, 0.05) is 23.8 Å². The summed E-state index contributed by atoms with van der Waals surface area (Å²) in [6, 6.07) is 15.8. The highest BCUT2D eigenvalue weighted by Crippen LogP contribution is 2.21. The summed E-state index contributed by atoms with van der Waals surface area (Å²) >= 11 is 0. The van der Waals surface area contributed by atoms with E-state index in [1.807, 2.05) is 49.4 Å². The Labute approximate surface area is 148 Å². The second kappa shape index (κ2) is 7.85. The molecule has 2 aromatic rings. The van der Waals surface area contributed by atoms with Crippen LogP contribution in [0.25, 0.3) is 0 Å². The Morgan fingerprint density at radius 1 is 1.20 bits per heavy atom. The molecule has 0 saturated heterocycles. The molecule has 1 fully saturated rings. The zero-order valence-electron chi connectivity index (χ0n) is 14.5. The minimum absolute atomic E-state index is 0.0105. The molecule has 1 saturated carbocycles. The smallest absolute Gasteiger partial charge is 0.251 e. The summed E-state index contributed by atoms with van der Waals surface area (Å²) in [7, 11) is 0. The summed E-state index contributed by atoms with van der Waals surface area (Å²) in [6.07, 6.45) is 4.58. The second-order valence-corrected chi connectivity index (χ2v) is 6.61. The monoisotopic (exact) mass is 333 g/mol. The highest BCUT2D eigenvalue weighted by atomic mass is 16.1. The van der Waals surface area contributed by atoms with Crippen molar-refractivity contribution < 1.29 is 4.79 Å². The minimum atomic E-state index is 0.0105. The Morgan fingerprint density at radius 2 is 1.96 bits per heavy atom. The van der Waals surface area contributed by atoms with Gasteiger partial charge in [-0.3, -0.25) is 4.79 Å². The van der Waals surface area contributed by atoms with Crippen LogP contribution in [0.2, 0.25) is 0 Å². The average Bonchev–Trinajstić information content (AvgIpc) is 3.13. The van der Waals surface area contributed by atoms with Crippen molar-refractivity contribution in [3.8, 4) is 6.07 Å². The van der Waals surface area contributed by atoms with Crippen LogP contribution in [-0.2, 0) is 6.54 Å². The van der Waals surface area contributed by atoms with E-state index in [0.29, 0.717) is 23.7 Å². The minimum Gasteiger partial charge on any atom is -0.381 e. The van der Waals surface area contributed by atoms with Crippen molar-refractivity contribution in [3.63, 3.8) is 0 Å². The van der Waals surface area contributed by atoms with E-state index < -0.39 is 0 Å². The summed E-state index contributed by atoms with van der Waals surface area (Å²) in [5, 5.41) is 15.6. The zero-order valence-corrected chi connectivity index (χ0v) is 14.5. The molecule has 4 heteroatoms. The van der Waals surface area contributed by atoms with Gasteiger partial charge in [0.15, 0.2) is 0 Å². The molecule has 1 aliphatic carbocycles. The number of amides is 1. The first-order valence-corrected chi connectivity index (χ1v) is 8.81. The lowest BCUT2D eigenvalue weighted by atomic mass is 10.1. The first-order chi connectivity index (χ1) is 12.2. The van der Waals surface area contributed by atoms with Gasteiger partial charge in [0.2, 0.25) is 0 Å². The fraction of sp³-hybridized carbons (Fsp3) is 0.333. The predicted molar refractivity (Wildman–Crippen MR) is 99.4 cm³/mol. The molecule has 0 aliphatic heterocycles. The number of nitriles is 1. The SMILES string of the molecule is Cc1cc(C(=O)NC2CCCC2)ccc1NCc1ccccc1C#N. The number of carbonyl (C=O) groups is 1. The molecule has 0 unspecified atom stereocenters. The van der Waals surface area contributed by atoms with Crippen LogP contribution < -0.4 is 10.6 Å². The predicted octanol–water partition coefficient (Wildman–Crippen LogP) is 4.15. The molecule has 1 aliphatic rings. The largest absolute Gasteiger partial charge is 0.381 e. The van der Waals surface area contributed by atoms with Crippen molar-refractivity contribution in [2.45, 2.75) is 45.2 Å². The summed E-state index contributed by atoms with van der Waals surface area (Å²) in [6.45, 7) is 2.57. The Morgan fingerprint density at radius 3 is 2.68 bits per heavy atom. The molecule has 0 bridgehead atoms. The van der Waals surface area contributed by atoms with E-state index in [1.54, 1.807) is 0 Å². The molecule has 0 radical (unpaired) electrons. The fourth-order valence-electron chi connectivity index (χ4n) is 3.32. The molecule has 0 atom stereocenters. The average molecular weight is 333 g/mol. The van der Waals surface area contributed by atoms with Gasteiger partial charge in [-0.15, -0.1) is 0 Å². The first-order valence-electron chi connectivity index (χ1n) is 8.81. The molecular formula is C21H23N3O. The summed E-state index contributed by atoms with van der Waals surface area (Å²) in [4.78, 5) is 12.4. The Kier molecular flexibility index (Phi) is 5.35. The lowest BCUT2D eigenvalue weighted by molar-refractivity contribution is 0.0938. The summed E-state index contributed by atoms with van der Waals surface area (Å²) < 4.78 is 0. The number of benzene rings is 2. The van der Waals surface area contributed by atoms with Crippen LogP contribution in [0.15, 0.2) is 42.5 Å². The number of rotatable bonds is 5. The molecule has 2 aromatic carbocycles. The van der Waals surface area contributed by atoms with Gasteiger partial charge in [0.25, 0.3) is 5.91 Å². The van der Waals surface area contributed by atoms with Gasteiger partial charge in [0.05, 0.1) is 11.6 Å². The van der Waals surface area contributed by atoms with Crippen molar-refractivity contribution in [2.24, 2.45) is 0 Å². The first kappa shape index (κ1) is 17.0. The third-order valence-electron chi connectivity index (χ3n) is 4.79. The van der Waals surface area contributed by atoms with E-state index in [9.17, 15) is 4.79 Å². The maximum absolute atomic E-state index is 12.4. The van der Waals surface area contributed by atoms with Gasteiger partial charge in [-0.05, 0) is 55.2 Å². The van der Waals surface area contributed by atoms with Crippen LogP contribution in [0, 0.1) is 18.3 Å². The third kappa shape index (κ3) is 4.19. The van der Waals surface area contributed by atoms with Crippen LogP contribution in [0.1, 0.15) is 52.7 Å². The zero-order chi connectivity index (χ0) is 17.6. The van der Waals surface area contributed by atoms with Crippen molar-refractivity contribution in [3.05, 3.63) is 64.7 Å². The lowest BCUT2D eigenvalue weighted by Gasteiger charge is -2.14. The van der Waals surface area contributed by atoms with Crippen molar-refractivity contribution in [1.82, 2.24) is 5.32 Å². The molecule has 4 nitrogen and oxygen atoms in total. The van der Waals surface area contributed by atoms with E-state index in [4.69, 9.17) is 5.26 Å². The highest BCUT2D eigenvalue weighted by molar-refractivity contribution is 5.95. The van der Waals surface area contributed by atoms with Crippen molar-refractivity contribution in [1.29, 1.82) is 5.26 Å². The molecular weight excluding hydrogens is 310 g/mol. The lowest BCUT2D eigenvalue weighted by Crippen LogP contribution is -2.32. The van der Waals surface area contributed by atoms with Crippen LogP contribution in [-0.4, -0.2) is 11.9 Å². The number of carbonyl (C=O) groups excluding carboxylic acids is 1. The third-order valence-corrected chi connectivity index (χ3v) is 4.79. The molecule has 0 heterocycles. The highest BCUT2D eigenvalue weighted by Gasteiger charge is 2.18. The number of nitrogens with one attached hydrogen (secondary N) is 2. The molecule has 0 aromatic heterocycles. The van der Waals surface area contributed by atoms with Crippen LogP contribution >= 0.6 is 0 Å². The van der Waals surface area contributed by atoms with E-state index in [-0.39, 0.29) is 5.91 Å². The fourth-order valence-corrected chi connectivity index (χ4v) is 3.32. The second-order valence-electron chi connectivity index (χ2n) is 6.61. The topological polar surface area (TPSA) is 64.9 Å². The Hall–Kier alpha value is -2.80.